The Labute approximate surface area is 111 Å². The maximum absolute atomic E-state index is 11.3. The molecule has 1 aliphatic rings. The van der Waals surface area contributed by atoms with E-state index in [1.54, 1.807) is 12.1 Å². The van der Waals surface area contributed by atoms with Gasteiger partial charge in [-0.1, -0.05) is 30.3 Å². The van der Waals surface area contributed by atoms with Gasteiger partial charge in [0.2, 0.25) is 0 Å². The minimum Gasteiger partial charge on any atom is -0.381 e. The fourth-order valence-electron chi connectivity index (χ4n) is 1.94. The van der Waals surface area contributed by atoms with Crippen LogP contribution >= 0.6 is 0 Å². The van der Waals surface area contributed by atoms with E-state index in [0.717, 1.165) is 5.69 Å². The van der Waals surface area contributed by atoms with Crippen molar-refractivity contribution in [3.63, 3.8) is 0 Å². The van der Waals surface area contributed by atoms with Crippen LogP contribution in [0.15, 0.2) is 48.5 Å². The first-order valence-electron chi connectivity index (χ1n) is 5.85. The van der Waals surface area contributed by atoms with Crippen LogP contribution < -0.4 is 14.8 Å². The summed E-state index contributed by atoms with van der Waals surface area (Å²) < 4.78 is 27.5. The van der Waals surface area contributed by atoms with Gasteiger partial charge in [-0.2, -0.15) is 8.42 Å². The first-order valence-corrected chi connectivity index (χ1v) is 7.33. The van der Waals surface area contributed by atoms with Gasteiger partial charge in [0.1, 0.15) is 0 Å². The van der Waals surface area contributed by atoms with E-state index in [-0.39, 0.29) is 0 Å². The highest BCUT2D eigenvalue weighted by molar-refractivity contribution is 7.94. The molecule has 3 N–H and O–H groups in total. The summed E-state index contributed by atoms with van der Waals surface area (Å²) in [5.41, 5.74) is 3.18. The molecule has 98 valence electrons. The molecule has 1 aliphatic heterocycles. The van der Waals surface area contributed by atoms with Crippen LogP contribution in [-0.2, 0) is 16.8 Å². The molecule has 0 saturated heterocycles. The molecule has 0 amide bonds. The summed E-state index contributed by atoms with van der Waals surface area (Å²) in [5, 5.41) is 3.26. The molecule has 0 atom stereocenters. The van der Waals surface area contributed by atoms with E-state index in [1.807, 2.05) is 36.4 Å². The van der Waals surface area contributed by atoms with Gasteiger partial charge in [0.15, 0.2) is 0 Å². The predicted octanol–water partition coefficient (Wildman–Crippen LogP) is 2.38. The normalized spacial score (nSPS) is 15.2. The molecule has 0 bridgehead atoms. The van der Waals surface area contributed by atoms with Crippen LogP contribution in [-0.4, -0.2) is 8.42 Å². The van der Waals surface area contributed by atoms with Crippen molar-refractivity contribution in [3.8, 4) is 0 Å². The van der Waals surface area contributed by atoms with Gasteiger partial charge in [-0.25, -0.2) is 0 Å². The molecule has 0 unspecified atom stereocenters. The van der Waals surface area contributed by atoms with Crippen LogP contribution in [0.4, 0.5) is 17.1 Å². The van der Waals surface area contributed by atoms with Gasteiger partial charge >= 0.3 is 10.2 Å². The molecule has 6 heteroatoms. The van der Waals surface area contributed by atoms with Gasteiger partial charge in [-0.05, 0) is 23.8 Å². The maximum atomic E-state index is 11.3. The van der Waals surface area contributed by atoms with E-state index in [9.17, 15) is 8.42 Å². The lowest BCUT2D eigenvalue weighted by Gasteiger charge is -2.07. The number of hydrogen-bond donors (Lipinski definition) is 3. The lowest BCUT2D eigenvalue weighted by Crippen LogP contribution is -2.12. The third-order valence-corrected chi connectivity index (χ3v) is 3.82. The molecule has 19 heavy (non-hydrogen) atoms. The highest BCUT2D eigenvalue weighted by atomic mass is 32.2. The lowest BCUT2D eigenvalue weighted by atomic mass is 10.2. The summed E-state index contributed by atoms with van der Waals surface area (Å²) in [4.78, 5) is 0. The summed E-state index contributed by atoms with van der Waals surface area (Å²) in [7, 11) is -3.42. The molecule has 2 aromatic rings. The molecule has 3 rings (SSSR count). The van der Waals surface area contributed by atoms with E-state index >= 15 is 0 Å². The van der Waals surface area contributed by atoms with Crippen molar-refractivity contribution in [2.45, 2.75) is 6.54 Å². The molecule has 0 radical (unpaired) electrons. The lowest BCUT2D eigenvalue weighted by molar-refractivity contribution is 0.607. The van der Waals surface area contributed by atoms with E-state index in [4.69, 9.17) is 0 Å². The Bertz CT molecular complexity index is 699. The fraction of sp³-hybridized carbons (Fsp3) is 0.0769. The standard InChI is InChI=1S/C13H13N3O2S/c17-19(18)15-12-7-6-11(8-13(12)16-19)14-9-10-4-2-1-3-5-10/h1-8,14-16H,9H2. The average Bonchev–Trinajstić information content (AvgIpc) is 2.70. The second kappa shape index (κ2) is 4.47. The Balaban J connectivity index is 1.74. The molecular formula is C13H13N3O2S. The van der Waals surface area contributed by atoms with E-state index in [0.29, 0.717) is 17.9 Å². The van der Waals surface area contributed by atoms with Gasteiger partial charge in [-0.15, -0.1) is 0 Å². The van der Waals surface area contributed by atoms with E-state index in [1.165, 1.54) is 5.56 Å². The minimum absolute atomic E-state index is 0.568. The zero-order valence-electron chi connectivity index (χ0n) is 10.1. The van der Waals surface area contributed by atoms with Crippen LogP contribution in [0.2, 0.25) is 0 Å². The topological polar surface area (TPSA) is 70.2 Å². The van der Waals surface area contributed by atoms with Gasteiger partial charge in [0, 0.05) is 12.2 Å². The summed E-state index contributed by atoms with van der Waals surface area (Å²) in [5.74, 6) is 0. The first-order chi connectivity index (χ1) is 9.12. The first kappa shape index (κ1) is 11.9. The molecule has 2 aromatic carbocycles. The van der Waals surface area contributed by atoms with Crippen LogP contribution in [0.25, 0.3) is 0 Å². The molecule has 0 spiro atoms. The largest absolute Gasteiger partial charge is 0.381 e. The summed E-state index contributed by atoms with van der Waals surface area (Å²) >= 11 is 0. The Kier molecular flexibility index (Phi) is 2.79. The Morgan fingerprint density at radius 2 is 1.68 bits per heavy atom. The molecular weight excluding hydrogens is 262 g/mol. The van der Waals surface area contributed by atoms with Crippen molar-refractivity contribution in [1.29, 1.82) is 0 Å². The molecule has 0 saturated carbocycles. The molecule has 0 fully saturated rings. The predicted molar refractivity (Wildman–Crippen MR) is 76.4 cm³/mol. The molecule has 0 aliphatic carbocycles. The second-order valence-electron chi connectivity index (χ2n) is 4.31. The average molecular weight is 275 g/mol. The highest BCUT2D eigenvalue weighted by Gasteiger charge is 2.21. The Hall–Kier alpha value is -2.21. The maximum Gasteiger partial charge on any atom is 0.321 e. The van der Waals surface area contributed by atoms with Gasteiger partial charge in [0.05, 0.1) is 11.4 Å². The molecule has 5 nitrogen and oxygen atoms in total. The number of rotatable bonds is 3. The Morgan fingerprint density at radius 1 is 0.947 bits per heavy atom. The third-order valence-electron chi connectivity index (χ3n) is 2.85. The quantitative estimate of drug-likeness (QED) is 0.805. The van der Waals surface area contributed by atoms with Crippen LogP contribution in [0.1, 0.15) is 5.56 Å². The van der Waals surface area contributed by atoms with Gasteiger partial charge in [-0.3, -0.25) is 9.44 Å². The summed E-state index contributed by atoms with van der Waals surface area (Å²) in [6.07, 6.45) is 0. The number of nitrogens with one attached hydrogen (secondary N) is 3. The fourth-order valence-corrected chi connectivity index (χ4v) is 2.92. The Morgan fingerprint density at radius 3 is 2.47 bits per heavy atom. The smallest absolute Gasteiger partial charge is 0.321 e. The molecule has 0 aromatic heterocycles. The van der Waals surface area contributed by atoms with Crippen LogP contribution in [0.5, 0.6) is 0 Å². The van der Waals surface area contributed by atoms with Crippen LogP contribution in [0.3, 0.4) is 0 Å². The molecule has 1 heterocycles. The van der Waals surface area contributed by atoms with Crippen molar-refractivity contribution in [2.75, 3.05) is 14.8 Å². The second-order valence-corrected chi connectivity index (χ2v) is 5.72. The van der Waals surface area contributed by atoms with E-state index < -0.39 is 10.2 Å². The van der Waals surface area contributed by atoms with Gasteiger partial charge in [0.25, 0.3) is 0 Å². The van der Waals surface area contributed by atoms with Crippen molar-refractivity contribution in [2.24, 2.45) is 0 Å². The SMILES string of the molecule is O=S1(=O)Nc2ccc(NCc3ccccc3)cc2N1. The zero-order valence-corrected chi connectivity index (χ0v) is 10.9. The minimum atomic E-state index is -3.42. The van der Waals surface area contributed by atoms with Crippen molar-refractivity contribution < 1.29 is 8.42 Å². The van der Waals surface area contributed by atoms with Crippen molar-refractivity contribution >= 4 is 27.3 Å². The number of anilines is 3. The van der Waals surface area contributed by atoms with Crippen molar-refractivity contribution in [3.05, 3.63) is 54.1 Å². The zero-order chi connectivity index (χ0) is 13.3. The van der Waals surface area contributed by atoms with Gasteiger partial charge < -0.3 is 5.32 Å². The monoisotopic (exact) mass is 275 g/mol. The number of benzene rings is 2. The summed E-state index contributed by atoms with van der Waals surface area (Å²) in [6.45, 7) is 0.694. The van der Waals surface area contributed by atoms with Crippen LogP contribution in [0, 0.1) is 0 Å². The number of hydrogen-bond acceptors (Lipinski definition) is 3. The highest BCUT2D eigenvalue weighted by Crippen LogP contribution is 2.32. The third kappa shape index (κ3) is 2.63. The van der Waals surface area contributed by atoms with E-state index in [2.05, 4.69) is 14.8 Å². The van der Waals surface area contributed by atoms with Crippen molar-refractivity contribution in [1.82, 2.24) is 0 Å². The summed E-state index contributed by atoms with van der Waals surface area (Å²) in [6, 6.07) is 15.4. The number of fused-ring (bicyclic) bond motifs is 1.